The number of hydrogen-bond donors (Lipinski definition) is 2. The molecule has 0 aromatic carbocycles. The minimum Gasteiger partial charge on any atom is -0.465 e. The molecule has 0 spiro atoms. The molecular weight excluding hydrogens is 435 g/mol. The van der Waals surface area contributed by atoms with E-state index in [0.29, 0.717) is 51.4 Å². The van der Waals surface area contributed by atoms with Crippen LogP contribution in [-0.2, 0) is 28.5 Å². The molecule has 30 heavy (non-hydrogen) atoms. The minimum absolute atomic E-state index is 0. The molecule has 0 aromatic heterocycles. The van der Waals surface area contributed by atoms with Crippen LogP contribution in [0.15, 0.2) is 0 Å². The zero-order valence-electron chi connectivity index (χ0n) is 17.9. The van der Waals surface area contributed by atoms with Gasteiger partial charge in [-0.3, -0.25) is 9.59 Å². The second-order valence-electron chi connectivity index (χ2n) is 8.09. The van der Waals surface area contributed by atoms with Gasteiger partial charge in [-0.15, -0.1) is 24.8 Å². The molecule has 4 atom stereocenters. The molecular formula is C20H36Cl2N2O6. The van der Waals surface area contributed by atoms with E-state index >= 15 is 0 Å². The molecule has 0 unspecified atom stereocenters. The highest BCUT2D eigenvalue weighted by atomic mass is 35.5. The summed E-state index contributed by atoms with van der Waals surface area (Å²) in [6.45, 7) is 10.4. The zero-order chi connectivity index (χ0) is 20.0. The fraction of sp³-hybridized carbons (Fsp3) is 0.900. The SMILES string of the molecule is CCOC(=O)[C@@]12CNC[C@@H]1CCOC2.CCOC(=O)[C@]12CNC[C@H]1CCOC2.Cl.Cl. The summed E-state index contributed by atoms with van der Waals surface area (Å²) in [6, 6.07) is 0. The molecule has 10 heteroatoms. The van der Waals surface area contributed by atoms with E-state index in [4.69, 9.17) is 18.9 Å². The van der Waals surface area contributed by atoms with E-state index in [9.17, 15) is 9.59 Å². The first-order chi connectivity index (χ1) is 13.6. The van der Waals surface area contributed by atoms with Gasteiger partial charge >= 0.3 is 11.9 Å². The number of rotatable bonds is 4. The van der Waals surface area contributed by atoms with Gasteiger partial charge in [0.2, 0.25) is 0 Å². The van der Waals surface area contributed by atoms with Gasteiger partial charge in [-0.1, -0.05) is 0 Å². The molecule has 8 nitrogen and oxygen atoms in total. The third kappa shape index (κ3) is 5.40. The fourth-order valence-corrected chi connectivity index (χ4v) is 4.82. The zero-order valence-corrected chi connectivity index (χ0v) is 19.5. The molecule has 4 saturated heterocycles. The number of nitrogens with one attached hydrogen (secondary N) is 2. The van der Waals surface area contributed by atoms with E-state index in [2.05, 4.69) is 10.6 Å². The molecule has 0 bridgehead atoms. The maximum Gasteiger partial charge on any atom is 0.316 e. The molecule has 0 radical (unpaired) electrons. The Hall–Kier alpha value is -0.640. The molecule has 4 aliphatic heterocycles. The van der Waals surface area contributed by atoms with Gasteiger partial charge in [0.05, 0.1) is 26.4 Å². The standard InChI is InChI=1S/2C10H17NO3.2ClH/c2*1-2-14-9(12)10-6-11-5-8(10)3-4-13-7-10;;/h2*8,11H,2-7H2,1H3;2*1H/t2*8-,10+;;/m10../s1. The molecule has 2 N–H and O–H groups in total. The van der Waals surface area contributed by atoms with Crippen LogP contribution in [0.3, 0.4) is 0 Å². The summed E-state index contributed by atoms with van der Waals surface area (Å²) in [5, 5.41) is 6.53. The average molecular weight is 471 g/mol. The molecule has 0 saturated carbocycles. The van der Waals surface area contributed by atoms with Gasteiger partial charge in [0.1, 0.15) is 10.8 Å². The molecule has 4 rings (SSSR count). The van der Waals surface area contributed by atoms with E-state index in [1.54, 1.807) is 0 Å². The lowest BCUT2D eigenvalue weighted by Crippen LogP contribution is -2.47. The summed E-state index contributed by atoms with van der Waals surface area (Å²) in [4.78, 5) is 23.7. The van der Waals surface area contributed by atoms with E-state index in [-0.39, 0.29) is 36.8 Å². The van der Waals surface area contributed by atoms with E-state index in [1.165, 1.54) is 0 Å². The van der Waals surface area contributed by atoms with Crippen molar-refractivity contribution in [1.82, 2.24) is 10.6 Å². The van der Waals surface area contributed by atoms with Crippen LogP contribution in [0.5, 0.6) is 0 Å². The third-order valence-electron chi connectivity index (χ3n) is 6.53. The van der Waals surface area contributed by atoms with Crippen LogP contribution in [-0.4, -0.2) is 77.8 Å². The van der Waals surface area contributed by atoms with E-state index in [1.807, 2.05) is 13.8 Å². The Morgan fingerprint density at radius 1 is 0.833 bits per heavy atom. The van der Waals surface area contributed by atoms with Gasteiger partial charge in [-0.2, -0.15) is 0 Å². The third-order valence-corrected chi connectivity index (χ3v) is 6.53. The number of carbonyl (C=O) groups excluding carboxylic acids is 2. The summed E-state index contributed by atoms with van der Waals surface area (Å²) in [5.41, 5.74) is -0.789. The highest BCUT2D eigenvalue weighted by molar-refractivity contribution is 5.85. The van der Waals surface area contributed by atoms with Crippen LogP contribution in [0.2, 0.25) is 0 Å². The number of halogens is 2. The van der Waals surface area contributed by atoms with Crippen LogP contribution in [0.25, 0.3) is 0 Å². The van der Waals surface area contributed by atoms with Crippen molar-refractivity contribution in [2.24, 2.45) is 22.7 Å². The fourth-order valence-electron chi connectivity index (χ4n) is 4.82. The highest BCUT2D eigenvalue weighted by Crippen LogP contribution is 2.39. The first kappa shape index (κ1) is 27.4. The lowest BCUT2D eigenvalue weighted by molar-refractivity contribution is -0.166. The predicted molar refractivity (Wildman–Crippen MR) is 116 cm³/mol. The Labute approximate surface area is 191 Å². The van der Waals surface area contributed by atoms with Gasteiger partial charge in [-0.25, -0.2) is 0 Å². The van der Waals surface area contributed by atoms with E-state index < -0.39 is 10.8 Å². The number of carbonyl (C=O) groups is 2. The monoisotopic (exact) mass is 470 g/mol. The summed E-state index contributed by atoms with van der Waals surface area (Å²) in [6.07, 6.45) is 1.93. The van der Waals surface area contributed by atoms with E-state index in [0.717, 1.165) is 39.1 Å². The lowest BCUT2D eigenvalue weighted by atomic mass is 9.76. The average Bonchev–Trinajstić information content (AvgIpc) is 3.34. The van der Waals surface area contributed by atoms with Crippen molar-refractivity contribution in [3.05, 3.63) is 0 Å². The molecule has 4 heterocycles. The Morgan fingerprint density at radius 2 is 1.23 bits per heavy atom. The maximum atomic E-state index is 11.9. The molecule has 4 fully saturated rings. The van der Waals surface area contributed by atoms with Crippen molar-refractivity contribution in [3.63, 3.8) is 0 Å². The van der Waals surface area contributed by atoms with Crippen LogP contribution in [0.4, 0.5) is 0 Å². The smallest absolute Gasteiger partial charge is 0.316 e. The summed E-state index contributed by atoms with van der Waals surface area (Å²) in [5.74, 6) is 0.620. The Morgan fingerprint density at radius 3 is 1.60 bits per heavy atom. The van der Waals surface area contributed by atoms with Gasteiger partial charge in [0.25, 0.3) is 0 Å². The first-order valence-corrected chi connectivity index (χ1v) is 10.5. The van der Waals surface area contributed by atoms with Crippen molar-refractivity contribution < 1.29 is 28.5 Å². The van der Waals surface area contributed by atoms with Gasteiger partial charge in [-0.05, 0) is 51.6 Å². The minimum atomic E-state index is -0.395. The van der Waals surface area contributed by atoms with Crippen molar-refractivity contribution in [1.29, 1.82) is 0 Å². The topological polar surface area (TPSA) is 95.1 Å². The summed E-state index contributed by atoms with van der Waals surface area (Å²) < 4.78 is 21.1. The highest BCUT2D eigenvalue weighted by Gasteiger charge is 2.53. The van der Waals surface area contributed by atoms with Crippen LogP contribution >= 0.6 is 24.8 Å². The Kier molecular flexibility index (Phi) is 11.3. The predicted octanol–water partition coefficient (Wildman–Crippen LogP) is 1.19. The molecule has 0 aromatic rings. The molecule has 0 aliphatic carbocycles. The number of fused-ring (bicyclic) bond motifs is 2. The number of esters is 2. The van der Waals surface area contributed by atoms with Gasteiger partial charge < -0.3 is 29.6 Å². The maximum absolute atomic E-state index is 11.9. The normalized spacial score (nSPS) is 34.1. The summed E-state index contributed by atoms with van der Waals surface area (Å²) >= 11 is 0. The second kappa shape index (κ2) is 12.4. The van der Waals surface area contributed by atoms with Crippen molar-refractivity contribution in [2.45, 2.75) is 26.7 Å². The van der Waals surface area contributed by atoms with Crippen LogP contribution < -0.4 is 10.6 Å². The molecule has 0 amide bonds. The summed E-state index contributed by atoms with van der Waals surface area (Å²) in [7, 11) is 0. The molecule has 176 valence electrons. The number of hydrogen-bond acceptors (Lipinski definition) is 8. The Balaban J connectivity index is 0.000000281. The van der Waals surface area contributed by atoms with Crippen molar-refractivity contribution in [2.75, 3.05) is 65.8 Å². The van der Waals surface area contributed by atoms with Crippen molar-refractivity contribution in [3.8, 4) is 0 Å². The number of ether oxygens (including phenoxy) is 4. The quantitative estimate of drug-likeness (QED) is 0.591. The van der Waals surface area contributed by atoms with Crippen LogP contribution in [0, 0.1) is 22.7 Å². The lowest BCUT2D eigenvalue weighted by Gasteiger charge is -2.35. The van der Waals surface area contributed by atoms with Gasteiger partial charge in [0.15, 0.2) is 0 Å². The van der Waals surface area contributed by atoms with Crippen LogP contribution in [0.1, 0.15) is 26.7 Å². The second-order valence-corrected chi connectivity index (χ2v) is 8.09. The Bertz CT molecular complexity index is 521. The molecule has 4 aliphatic rings. The first-order valence-electron chi connectivity index (χ1n) is 10.5. The van der Waals surface area contributed by atoms with Gasteiger partial charge in [0, 0.05) is 26.3 Å². The largest absolute Gasteiger partial charge is 0.465 e. The van der Waals surface area contributed by atoms with Crippen molar-refractivity contribution >= 4 is 36.8 Å².